The minimum absolute atomic E-state index is 0.00278. The number of nitrogens with zero attached hydrogens (tertiary/aromatic N) is 7. The molecule has 0 bridgehead atoms. The minimum Gasteiger partial charge on any atom is -0.339 e. The van der Waals surface area contributed by atoms with Crippen LogP contribution in [0.15, 0.2) is 30.6 Å². The van der Waals surface area contributed by atoms with Gasteiger partial charge >= 0.3 is 6.18 Å². The van der Waals surface area contributed by atoms with Crippen LogP contribution in [-0.4, -0.2) is 86.1 Å². The summed E-state index contributed by atoms with van der Waals surface area (Å²) in [5.41, 5.74) is 0.111. The Balaban J connectivity index is 1.29. The van der Waals surface area contributed by atoms with Crippen molar-refractivity contribution in [2.75, 3.05) is 44.6 Å². The van der Waals surface area contributed by atoms with Crippen LogP contribution in [0.25, 0.3) is 11.3 Å². The molecule has 1 aromatic carbocycles. The largest absolute Gasteiger partial charge is 0.435 e. The van der Waals surface area contributed by atoms with Crippen molar-refractivity contribution in [1.29, 1.82) is 5.26 Å². The number of imidazole rings is 1. The molecular weight excluding hydrogens is 567 g/mol. The summed E-state index contributed by atoms with van der Waals surface area (Å²) in [4.78, 5) is 46.5. The lowest BCUT2D eigenvalue weighted by atomic mass is 10.0. The molecule has 2 aromatic heterocycles. The molecule has 2 N–H and O–H groups in total. The minimum atomic E-state index is -4.78. The number of carbonyl (C=O) groups is 3. The van der Waals surface area contributed by atoms with Crippen LogP contribution in [0.3, 0.4) is 0 Å². The number of benzene rings is 1. The molecule has 0 unspecified atom stereocenters. The number of hydrogen-bond acceptors (Lipinski definition) is 7. The molecule has 226 valence electrons. The van der Waals surface area contributed by atoms with Crippen LogP contribution >= 0.6 is 0 Å². The molecule has 4 heterocycles. The second kappa shape index (κ2) is 11.9. The maximum Gasteiger partial charge on any atom is 0.435 e. The van der Waals surface area contributed by atoms with Gasteiger partial charge < -0.3 is 25.0 Å². The van der Waals surface area contributed by atoms with E-state index in [-0.39, 0.29) is 41.4 Å². The smallest absolute Gasteiger partial charge is 0.339 e. The Kier molecular flexibility index (Phi) is 8.23. The van der Waals surface area contributed by atoms with Gasteiger partial charge in [-0.05, 0) is 30.2 Å². The number of amides is 3. The Morgan fingerprint density at radius 2 is 1.84 bits per heavy atom. The number of piperazine rings is 1. The van der Waals surface area contributed by atoms with Gasteiger partial charge in [-0.25, -0.2) is 4.98 Å². The van der Waals surface area contributed by atoms with Crippen molar-refractivity contribution in [3.63, 3.8) is 0 Å². The van der Waals surface area contributed by atoms with E-state index in [2.05, 4.69) is 20.7 Å². The van der Waals surface area contributed by atoms with E-state index in [1.165, 1.54) is 11.6 Å². The molecule has 2 aliphatic heterocycles. The molecule has 2 saturated heterocycles. The quantitative estimate of drug-likeness (QED) is 0.425. The van der Waals surface area contributed by atoms with Crippen LogP contribution < -0.4 is 10.6 Å². The molecule has 0 aliphatic carbocycles. The summed E-state index contributed by atoms with van der Waals surface area (Å²) >= 11 is 0. The number of aromatic nitrogens is 4. The number of rotatable bonds is 7. The molecule has 5 rings (SSSR count). The van der Waals surface area contributed by atoms with Crippen molar-refractivity contribution >= 4 is 23.4 Å². The van der Waals surface area contributed by atoms with Gasteiger partial charge in [0.25, 0.3) is 11.8 Å². The standard InChI is InChI=1S/C28H30F3N9O3/c1-3-17-12-19(4-5-20(17)27(43)39-10-8-38(9-11-39)26(42)18-13-33-14-18)35-25(41)24-34-15-22(37(24)2)21-16-40(7-6-32)36-23(21)28(29,30)31/h4-5,12,15-16,18,33H,3,7-11,13-14H2,1-2H3,(H,35,41). The lowest BCUT2D eigenvalue weighted by molar-refractivity contribution is -0.141. The van der Waals surface area contributed by atoms with Gasteiger partial charge in [0.2, 0.25) is 5.91 Å². The summed E-state index contributed by atoms with van der Waals surface area (Å²) in [6, 6.07) is 6.66. The number of alkyl halides is 3. The molecule has 12 nitrogen and oxygen atoms in total. The lowest BCUT2D eigenvalue weighted by Crippen LogP contribution is -2.57. The fourth-order valence-electron chi connectivity index (χ4n) is 5.22. The van der Waals surface area contributed by atoms with E-state index in [1.807, 2.05) is 6.92 Å². The summed E-state index contributed by atoms with van der Waals surface area (Å²) in [5.74, 6) is -0.817. The molecule has 0 radical (unpaired) electrons. The van der Waals surface area contributed by atoms with Crippen LogP contribution in [0.2, 0.25) is 0 Å². The summed E-state index contributed by atoms with van der Waals surface area (Å²) in [6.45, 7) is 4.71. The van der Waals surface area contributed by atoms with Crippen molar-refractivity contribution in [2.24, 2.45) is 13.0 Å². The Labute approximate surface area is 245 Å². The van der Waals surface area contributed by atoms with Crippen LogP contribution in [0.5, 0.6) is 0 Å². The van der Waals surface area contributed by atoms with Crippen molar-refractivity contribution in [1.82, 2.24) is 34.4 Å². The highest BCUT2D eigenvalue weighted by Gasteiger charge is 2.39. The molecule has 3 amide bonds. The number of nitrogens with one attached hydrogen (secondary N) is 2. The number of carbonyl (C=O) groups excluding carboxylic acids is 3. The first kappa shape index (κ1) is 29.8. The van der Waals surface area contributed by atoms with Crippen molar-refractivity contribution < 1.29 is 27.6 Å². The van der Waals surface area contributed by atoms with Crippen molar-refractivity contribution in [3.05, 3.63) is 53.2 Å². The fourth-order valence-corrected chi connectivity index (χ4v) is 5.22. The van der Waals surface area contributed by atoms with Gasteiger partial charge in [-0.1, -0.05) is 6.92 Å². The number of nitriles is 1. The topological polar surface area (TPSA) is 141 Å². The average Bonchev–Trinajstić information content (AvgIpc) is 3.55. The van der Waals surface area contributed by atoms with Crippen molar-refractivity contribution in [3.8, 4) is 17.3 Å². The monoisotopic (exact) mass is 597 g/mol. The van der Waals surface area contributed by atoms with E-state index < -0.39 is 17.8 Å². The second-order valence-electron chi connectivity index (χ2n) is 10.4. The van der Waals surface area contributed by atoms with Gasteiger partial charge in [0.05, 0.1) is 29.4 Å². The van der Waals surface area contributed by atoms with Crippen molar-refractivity contribution in [2.45, 2.75) is 26.1 Å². The second-order valence-corrected chi connectivity index (χ2v) is 10.4. The first-order chi connectivity index (χ1) is 20.5. The highest BCUT2D eigenvalue weighted by atomic mass is 19.4. The molecule has 0 atom stereocenters. The maximum atomic E-state index is 13.6. The van der Waals surface area contributed by atoms with Crippen LogP contribution in [-0.2, 0) is 31.0 Å². The predicted molar refractivity (Wildman–Crippen MR) is 148 cm³/mol. The van der Waals surface area contributed by atoms with Crippen LogP contribution in [0.1, 0.15) is 39.2 Å². The summed E-state index contributed by atoms with van der Waals surface area (Å²) in [5, 5.41) is 18.2. The van der Waals surface area contributed by atoms with Gasteiger partial charge in [-0.15, -0.1) is 0 Å². The predicted octanol–water partition coefficient (Wildman–Crippen LogP) is 2.14. The third-order valence-corrected chi connectivity index (χ3v) is 7.71. The first-order valence-corrected chi connectivity index (χ1v) is 13.8. The van der Waals surface area contributed by atoms with E-state index in [1.54, 1.807) is 34.1 Å². The molecule has 3 aromatic rings. The van der Waals surface area contributed by atoms with Gasteiger partial charge in [0, 0.05) is 63.8 Å². The van der Waals surface area contributed by atoms with Gasteiger partial charge in [-0.2, -0.15) is 23.5 Å². The maximum absolute atomic E-state index is 13.6. The Hall–Kier alpha value is -4.71. The fraction of sp³-hybridized carbons (Fsp3) is 0.429. The molecule has 2 aliphatic rings. The average molecular weight is 598 g/mol. The van der Waals surface area contributed by atoms with E-state index in [9.17, 15) is 27.6 Å². The van der Waals surface area contributed by atoms with Crippen LogP contribution in [0, 0.1) is 17.2 Å². The zero-order chi connectivity index (χ0) is 30.9. The summed E-state index contributed by atoms with van der Waals surface area (Å²) in [7, 11) is 1.41. The number of halogens is 3. The number of hydrogen-bond donors (Lipinski definition) is 2. The molecule has 2 fully saturated rings. The highest BCUT2D eigenvalue weighted by molar-refractivity contribution is 6.03. The molecule has 43 heavy (non-hydrogen) atoms. The van der Waals surface area contributed by atoms with Gasteiger partial charge in [0.1, 0.15) is 6.54 Å². The normalized spacial score (nSPS) is 15.6. The number of anilines is 1. The van der Waals surface area contributed by atoms with E-state index in [0.717, 1.165) is 17.1 Å². The zero-order valence-electron chi connectivity index (χ0n) is 23.6. The Morgan fingerprint density at radius 1 is 1.14 bits per heavy atom. The zero-order valence-corrected chi connectivity index (χ0v) is 23.6. The Morgan fingerprint density at radius 3 is 2.44 bits per heavy atom. The molecule has 0 saturated carbocycles. The van der Waals surface area contributed by atoms with Gasteiger partial charge in [0.15, 0.2) is 11.5 Å². The highest BCUT2D eigenvalue weighted by Crippen LogP contribution is 2.36. The molecular formula is C28H30F3N9O3. The summed E-state index contributed by atoms with van der Waals surface area (Å²) < 4.78 is 43.0. The Bertz CT molecular complexity index is 1590. The summed E-state index contributed by atoms with van der Waals surface area (Å²) in [6.07, 6.45) is -2.03. The van der Waals surface area contributed by atoms with E-state index in [0.29, 0.717) is 62.5 Å². The first-order valence-electron chi connectivity index (χ1n) is 13.8. The van der Waals surface area contributed by atoms with E-state index >= 15 is 0 Å². The van der Waals surface area contributed by atoms with Gasteiger partial charge in [-0.3, -0.25) is 19.1 Å². The molecule has 0 spiro atoms. The third-order valence-electron chi connectivity index (χ3n) is 7.71. The number of aryl methyl sites for hydroxylation is 1. The SMILES string of the molecule is CCc1cc(NC(=O)c2ncc(-c3cn(CC#N)nc3C(F)(F)F)n2C)ccc1C(=O)N1CCN(C(=O)C2CNC2)CC1. The molecule has 15 heteroatoms. The lowest BCUT2D eigenvalue weighted by Gasteiger charge is -2.38. The van der Waals surface area contributed by atoms with E-state index in [4.69, 9.17) is 5.26 Å². The third kappa shape index (κ3) is 5.96. The van der Waals surface area contributed by atoms with Crippen LogP contribution in [0.4, 0.5) is 18.9 Å².